The summed E-state index contributed by atoms with van der Waals surface area (Å²) < 4.78 is 2.01. The average molecular weight is 436 g/mol. The van der Waals surface area contributed by atoms with Crippen molar-refractivity contribution in [1.82, 2.24) is 14.8 Å². The van der Waals surface area contributed by atoms with Gasteiger partial charge in [0.15, 0.2) is 5.16 Å². The highest BCUT2D eigenvalue weighted by molar-refractivity contribution is 8.00. The van der Waals surface area contributed by atoms with Crippen molar-refractivity contribution in [3.05, 3.63) is 66.0 Å². The number of fused-ring (bicyclic) bond motifs is 1. The highest BCUT2D eigenvalue weighted by atomic mass is 32.2. The SMILES string of the molecule is Cc1nnc(S[C@H](C)C(=O)N2c3ccccc3NC(=O)C2(C)C)n1Cc1ccccc1. The Morgan fingerprint density at radius 2 is 1.77 bits per heavy atom. The monoisotopic (exact) mass is 435 g/mol. The van der Waals surface area contributed by atoms with E-state index in [-0.39, 0.29) is 11.8 Å². The molecule has 0 unspecified atom stereocenters. The second kappa shape index (κ2) is 8.19. The van der Waals surface area contributed by atoms with Gasteiger partial charge in [-0.25, -0.2) is 0 Å². The van der Waals surface area contributed by atoms with E-state index in [0.717, 1.165) is 11.4 Å². The number of aryl methyl sites for hydroxylation is 1. The zero-order valence-corrected chi connectivity index (χ0v) is 18.8. The lowest BCUT2D eigenvalue weighted by Crippen LogP contribution is -2.60. The van der Waals surface area contributed by atoms with Gasteiger partial charge in [0, 0.05) is 0 Å². The molecule has 1 aliphatic rings. The van der Waals surface area contributed by atoms with Crippen LogP contribution in [0.4, 0.5) is 11.4 Å². The molecule has 0 fully saturated rings. The molecule has 0 spiro atoms. The smallest absolute Gasteiger partial charge is 0.250 e. The van der Waals surface area contributed by atoms with Crippen LogP contribution in [0.2, 0.25) is 0 Å². The van der Waals surface area contributed by atoms with Crippen molar-refractivity contribution in [2.75, 3.05) is 10.2 Å². The third kappa shape index (κ3) is 3.95. The van der Waals surface area contributed by atoms with Crippen LogP contribution in [0, 0.1) is 6.92 Å². The van der Waals surface area contributed by atoms with Crippen LogP contribution in [-0.2, 0) is 16.1 Å². The van der Waals surface area contributed by atoms with Crippen molar-refractivity contribution in [2.45, 2.75) is 50.2 Å². The molecular formula is C23H25N5O2S. The van der Waals surface area contributed by atoms with Crippen molar-refractivity contribution in [2.24, 2.45) is 0 Å². The first-order chi connectivity index (χ1) is 14.8. The van der Waals surface area contributed by atoms with Crippen molar-refractivity contribution < 1.29 is 9.59 Å². The number of rotatable bonds is 5. The zero-order valence-electron chi connectivity index (χ0n) is 18.0. The number of nitrogens with zero attached hydrogens (tertiary/aromatic N) is 4. The number of thioether (sulfide) groups is 1. The highest BCUT2D eigenvalue weighted by Gasteiger charge is 2.45. The van der Waals surface area contributed by atoms with E-state index in [1.807, 2.05) is 66.9 Å². The van der Waals surface area contributed by atoms with Crippen LogP contribution in [0.15, 0.2) is 59.8 Å². The maximum atomic E-state index is 13.6. The van der Waals surface area contributed by atoms with Gasteiger partial charge in [0.25, 0.3) is 0 Å². The van der Waals surface area contributed by atoms with Gasteiger partial charge in [-0.15, -0.1) is 10.2 Å². The van der Waals surface area contributed by atoms with Crippen molar-refractivity contribution in [3.63, 3.8) is 0 Å². The predicted octanol–water partition coefficient (Wildman–Crippen LogP) is 3.88. The van der Waals surface area contributed by atoms with Gasteiger partial charge < -0.3 is 9.88 Å². The fourth-order valence-electron chi connectivity index (χ4n) is 3.63. The summed E-state index contributed by atoms with van der Waals surface area (Å²) in [7, 11) is 0. The predicted molar refractivity (Wildman–Crippen MR) is 122 cm³/mol. The number of amides is 2. The number of para-hydroxylation sites is 2. The maximum absolute atomic E-state index is 13.6. The summed E-state index contributed by atoms with van der Waals surface area (Å²) in [5.74, 6) is 0.429. The molecule has 0 saturated carbocycles. The molecule has 1 aliphatic heterocycles. The third-order valence-electron chi connectivity index (χ3n) is 5.44. The molecule has 2 amide bonds. The second-order valence-corrected chi connectivity index (χ2v) is 9.37. The van der Waals surface area contributed by atoms with Gasteiger partial charge in [-0.3, -0.25) is 14.5 Å². The third-order valence-corrected chi connectivity index (χ3v) is 6.51. The number of carbonyl (C=O) groups is 2. The lowest BCUT2D eigenvalue weighted by Gasteiger charge is -2.43. The average Bonchev–Trinajstić information content (AvgIpc) is 3.08. The Morgan fingerprint density at radius 3 is 2.52 bits per heavy atom. The Balaban J connectivity index is 1.61. The summed E-state index contributed by atoms with van der Waals surface area (Å²) in [6, 6.07) is 17.4. The molecule has 0 bridgehead atoms. The molecule has 1 N–H and O–H groups in total. The Kier molecular flexibility index (Phi) is 5.58. The fourth-order valence-corrected chi connectivity index (χ4v) is 4.57. The van der Waals surface area contributed by atoms with Gasteiger partial charge in [-0.1, -0.05) is 54.2 Å². The van der Waals surface area contributed by atoms with Gasteiger partial charge in [-0.2, -0.15) is 0 Å². The van der Waals surface area contributed by atoms with Crippen LogP contribution < -0.4 is 10.2 Å². The van der Waals surface area contributed by atoms with Gasteiger partial charge in [-0.05, 0) is 45.4 Å². The van der Waals surface area contributed by atoms with Crippen LogP contribution in [0.25, 0.3) is 0 Å². The molecule has 0 radical (unpaired) electrons. The molecule has 31 heavy (non-hydrogen) atoms. The first kappa shape index (κ1) is 21.1. The first-order valence-corrected chi connectivity index (χ1v) is 11.0. The van der Waals surface area contributed by atoms with E-state index in [1.165, 1.54) is 11.8 Å². The van der Waals surface area contributed by atoms with Crippen molar-refractivity contribution in [1.29, 1.82) is 0 Å². The molecule has 0 aliphatic carbocycles. The molecule has 4 rings (SSSR count). The van der Waals surface area contributed by atoms with E-state index in [2.05, 4.69) is 15.5 Å². The Labute approximate surface area is 185 Å². The molecule has 7 nitrogen and oxygen atoms in total. The quantitative estimate of drug-likeness (QED) is 0.615. The summed E-state index contributed by atoms with van der Waals surface area (Å²) in [5.41, 5.74) is 1.47. The number of aromatic nitrogens is 3. The van der Waals surface area contributed by atoms with Crippen molar-refractivity contribution >= 4 is 35.0 Å². The molecule has 3 aromatic rings. The lowest BCUT2D eigenvalue weighted by atomic mass is 9.96. The Morgan fingerprint density at radius 1 is 1.10 bits per heavy atom. The number of hydrogen-bond acceptors (Lipinski definition) is 5. The van der Waals surface area contributed by atoms with Gasteiger partial charge in [0.1, 0.15) is 11.4 Å². The van der Waals surface area contributed by atoms with E-state index < -0.39 is 10.8 Å². The molecule has 0 saturated heterocycles. The van der Waals surface area contributed by atoms with Gasteiger partial charge >= 0.3 is 0 Å². The number of nitrogens with one attached hydrogen (secondary N) is 1. The van der Waals surface area contributed by atoms with Crippen molar-refractivity contribution in [3.8, 4) is 0 Å². The van der Waals surface area contributed by atoms with E-state index >= 15 is 0 Å². The van der Waals surface area contributed by atoms with Crippen LogP contribution >= 0.6 is 11.8 Å². The van der Waals surface area contributed by atoms with Crippen LogP contribution in [0.3, 0.4) is 0 Å². The van der Waals surface area contributed by atoms with Gasteiger partial charge in [0.2, 0.25) is 11.8 Å². The van der Waals surface area contributed by atoms with Crippen LogP contribution in [0.1, 0.15) is 32.2 Å². The second-order valence-electron chi connectivity index (χ2n) is 8.07. The standard InChI is InChI=1S/C23H25N5O2S/c1-15(31-22-26-25-16(2)27(22)14-17-10-6-5-7-11-17)20(29)28-19-13-9-8-12-18(19)24-21(30)23(28,3)4/h5-13,15H,14H2,1-4H3,(H,24,30)/t15-/m1/s1. The summed E-state index contributed by atoms with van der Waals surface area (Å²) >= 11 is 1.36. The summed E-state index contributed by atoms with van der Waals surface area (Å²) in [6.07, 6.45) is 0. The molecule has 1 atom stereocenters. The van der Waals surface area contributed by atoms with E-state index in [1.54, 1.807) is 24.8 Å². The van der Waals surface area contributed by atoms with E-state index in [0.29, 0.717) is 23.1 Å². The first-order valence-electron chi connectivity index (χ1n) is 10.1. The molecular weight excluding hydrogens is 410 g/mol. The Bertz CT molecular complexity index is 1130. The lowest BCUT2D eigenvalue weighted by molar-refractivity contribution is -0.126. The van der Waals surface area contributed by atoms with Crippen LogP contribution in [-0.4, -0.2) is 37.4 Å². The van der Waals surface area contributed by atoms with Gasteiger partial charge in [0.05, 0.1) is 23.2 Å². The minimum Gasteiger partial charge on any atom is -0.322 e. The molecule has 2 heterocycles. The van der Waals surface area contributed by atoms with E-state index in [4.69, 9.17) is 0 Å². The minimum atomic E-state index is -1.01. The minimum absolute atomic E-state index is 0.149. The topological polar surface area (TPSA) is 80.1 Å². The number of anilines is 2. The Hall–Kier alpha value is -3.13. The summed E-state index contributed by atoms with van der Waals surface area (Å²) in [5, 5.41) is 11.6. The molecule has 2 aromatic carbocycles. The maximum Gasteiger partial charge on any atom is 0.250 e. The zero-order chi connectivity index (χ0) is 22.2. The summed E-state index contributed by atoms with van der Waals surface area (Å²) in [4.78, 5) is 27.9. The van der Waals surface area contributed by atoms with Crippen LogP contribution in [0.5, 0.6) is 0 Å². The summed E-state index contributed by atoms with van der Waals surface area (Å²) in [6.45, 7) is 7.89. The highest BCUT2D eigenvalue weighted by Crippen LogP contribution is 2.38. The number of hydrogen-bond donors (Lipinski definition) is 1. The molecule has 160 valence electrons. The normalized spacial score (nSPS) is 15.9. The largest absolute Gasteiger partial charge is 0.322 e. The van der Waals surface area contributed by atoms with E-state index in [9.17, 15) is 9.59 Å². The molecule has 8 heteroatoms. The number of benzene rings is 2. The number of carbonyl (C=O) groups excluding carboxylic acids is 2. The molecule has 1 aromatic heterocycles. The fraction of sp³-hybridized carbons (Fsp3) is 0.304.